The molecule has 0 aliphatic carbocycles. The highest BCUT2D eigenvalue weighted by Crippen LogP contribution is 2.16. The minimum Gasteiger partial charge on any atom is -0.391 e. The summed E-state index contributed by atoms with van der Waals surface area (Å²) in [5, 5.41) is 20.8. The number of rotatable bonds is 7. The van der Waals surface area contributed by atoms with Crippen molar-refractivity contribution >= 4 is 11.8 Å². The summed E-state index contributed by atoms with van der Waals surface area (Å²) in [5.41, 5.74) is 4.67. The third kappa shape index (κ3) is 6.89. The summed E-state index contributed by atoms with van der Waals surface area (Å²) in [6.07, 6.45) is 0.0359. The van der Waals surface area contributed by atoms with Crippen molar-refractivity contribution in [2.24, 2.45) is 0 Å². The molecule has 0 aromatic heterocycles. The van der Waals surface area contributed by atoms with Gasteiger partial charge in [-0.05, 0) is 69.4 Å². The molecule has 2 amide bonds. The minimum absolute atomic E-state index is 0.310. The molecule has 0 bridgehead atoms. The van der Waals surface area contributed by atoms with Crippen LogP contribution in [0.4, 0.5) is 0 Å². The predicted molar refractivity (Wildman–Crippen MR) is 129 cm³/mol. The Morgan fingerprint density at radius 3 is 2.18 bits per heavy atom. The van der Waals surface area contributed by atoms with Gasteiger partial charge in [0.1, 0.15) is 6.04 Å². The molecule has 4 N–H and O–H groups in total. The van der Waals surface area contributed by atoms with Gasteiger partial charge in [-0.2, -0.15) is 0 Å². The van der Waals surface area contributed by atoms with Crippen LogP contribution in [0.5, 0.6) is 0 Å². The van der Waals surface area contributed by atoms with E-state index in [1.165, 1.54) is 24.4 Å². The van der Waals surface area contributed by atoms with E-state index in [4.69, 9.17) is 5.21 Å². The molecule has 2 aromatic carbocycles. The number of aliphatic hydroxyl groups excluding tert-OH is 1. The molecule has 180 valence electrons. The third-order valence-electron chi connectivity index (χ3n) is 6.00. The predicted octanol–water partition coefficient (Wildman–Crippen LogP) is 1.21. The monoisotopic (exact) mass is 464 g/mol. The van der Waals surface area contributed by atoms with Crippen LogP contribution in [0, 0.1) is 11.8 Å². The van der Waals surface area contributed by atoms with Gasteiger partial charge >= 0.3 is 0 Å². The summed E-state index contributed by atoms with van der Waals surface area (Å²) in [6, 6.07) is 14.2. The van der Waals surface area contributed by atoms with Crippen molar-refractivity contribution in [1.82, 2.24) is 20.6 Å². The van der Waals surface area contributed by atoms with Crippen molar-refractivity contribution in [3.8, 4) is 11.8 Å². The van der Waals surface area contributed by atoms with Crippen molar-refractivity contribution in [3.05, 3.63) is 70.8 Å². The van der Waals surface area contributed by atoms with Gasteiger partial charge < -0.3 is 15.3 Å². The molecule has 0 saturated carbocycles. The van der Waals surface area contributed by atoms with Gasteiger partial charge in [-0.1, -0.05) is 24.0 Å². The van der Waals surface area contributed by atoms with Crippen LogP contribution in [0.2, 0.25) is 0 Å². The maximum absolute atomic E-state index is 12.4. The molecular weight excluding hydrogens is 432 g/mol. The largest absolute Gasteiger partial charge is 0.391 e. The van der Waals surface area contributed by atoms with Crippen molar-refractivity contribution < 1.29 is 19.9 Å². The van der Waals surface area contributed by atoms with Gasteiger partial charge in [0, 0.05) is 42.4 Å². The molecule has 8 nitrogen and oxygen atoms in total. The molecule has 1 aliphatic heterocycles. The number of nitrogens with zero attached hydrogens (tertiary/aromatic N) is 2. The van der Waals surface area contributed by atoms with Crippen LogP contribution >= 0.6 is 0 Å². The Labute approximate surface area is 200 Å². The molecule has 0 spiro atoms. The Balaban J connectivity index is 1.57. The first-order valence-corrected chi connectivity index (χ1v) is 11.3. The molecule has 1 heterocycles. The minimum atomic E-state index is -1.26. The maximum Gasteiger partial charge on any atom is 0.268 e. The van der Waals surface area contributed by atoms with Gasteiger partial charge in [0.2, 0.25) is 0 Å². The Morgan fingerprint density at radius 1 is 1.09 bits per heavy atom. The lowest BCUT2D eigenvalue weighted by molar-refractivity contribution is -0.133. The van der Waals surface area contributed by atoms with Crippen LogP contribution in [0.3, 0.4) is 0 Å². The lowest BCUT2D eigenvalue weighted by Crippen LogP contribution is -2.51. The van der Waals surface area contributed by atoms with Crippen LogP contribution < -0.4 is 10.8 Å². The van der Waals surface area contributed by atoms with Crippen molar-refractivity contribution in [2.75, 3.05) is 27.2 Å². The number of likely N-dealkylation sites (N-methyl/N-ethyl adjacent to an activating group) is 1. The standard InChI is InChI=1S/C26H32N4O4/c1-18(31)24(26(33)28-34)27-25(32)22-12-10-20(11-13-22)5-4-19-6-8-21(9-7-19)16-30-15-14-23(17-30)29(2)3/h6-13,18,23-24,31,34H,14-17H2,1-3H3,(H,27,32)(H,28,33)/t18-,23+,24+/m1/s1. The fraction of sp³-hybridized carbons (Fsp3) is 0.385. The van der Waals surface area contributed by atoms with Crippen LogP contribution in [0.25, 0.3) is 0 Å². The number of hydrogen-bond donors (Lipinski definition) is 4. The molecule has 3 rings (SSSR count). The van der Waals surface area contributed by atoms with E-state index in [0.29, 0.717) is 11.6 Å². The first kappa shape index (κ1) is 25.4. The van der Waals surface area contributed by atoms with E-state index in [1.807, 2.05) is 12.1 Å². The number of carbonyl (C=O) groups excluding carboxylic acids is 2. The summed E-state index contributed by atoms with van der Waals surface area (Å²) < 4.78 is 0. The molecular formula is C26H32N4O4. The number of hydrogen-bond acceptors (Lipinski definition) is 6. The molecule has 8 heteroatoms. The summed E-state index contributed by atoms with van der Waals surface area (Å²) >= 11 is 0. The van der Waals surface area contributed by atoms with E-state index in [1.54, 1.807) is 24.3 Å². The summed E-state index contributed by atoms with van der Waals surface area (Å²) in [6.45, 7) is 4.50. The van der Waals surface area contributed by atoms with Gasteiger partial charge in [0.05, 0.1) is 6.10 Å². The lowest BCUT2D eigenvalue weighted by atomic mass is 10.1. The average molecular weight is 465 g/mol. The van der Waals surface area contributed by atoms with Gasteiger partial charge in [0.25, 0.3) is 11.8 Å². The molecule has 0 unspecified atom stereocenters. The van der Waals surface area contributed by atoms with E-state index in [-0.39, 0.29) is 0 Å². The quantitative estimate of drug-likeness (QED) is 0.279. The number of carbonyl (C=O) groups is 2. The second kappa shape index (κ2) is 11.8. The fourth-order valence-electron chi connectivity index (χ4n) is 3.88. The number of benzene rings is 2. The Bertz CT molecular complexity index is 1040. The number of likely N-dealkylation sites (tertiary alicyclic amines) is 1. The Kier molecular flexibility index (Phi) is 8.79. The van der Waals surface area contributed by atoms with Gasteiger partial charge in [-0.15, -0.1) is 0 Å². The van der Waals surface area contributed by atoms with E-state index >= 15 is 0 Å². The Morgan fingerprint density at radius 2 is 1.68 bits per heavy atom. The zero-order valence-corrected chi connectivity index (χ0v) is 19.8. The molecule has 3 atom stereocenters. The molecule has 2 aromatic rings. The second-order valence-electron chi connectivity index (χ2n) is 8.83. The second-order valence-corrected chi connectivity index (χ2v) is 8.83. The normalized spacial score (nSPS) is 17.5. The topological polar surface area (TPSA) is 105 Å². The number of aliphatic hydroxyl groups is 1. The van der Waals surface area contributed by atoms with E-state index in [0.717, 1.165) is 30.8 Å². The first-order valence-electron chi connectivity index (χ1n) is 11.3. The van der Waals surface area contributed by atoms with Crippen molar-refractivity contribution in [1.29, 1.82) is 0 Å². The van der Waals surface area contributed by atoms with Gasteiger partial charge in [0.15, 0.2) is 0 Å². The first-order chi connectivity index (χ1) is 16.3. The Hall–Kier alpha value is -3.22. The zero-order valence-electron chi connectivity index (χ0n) is 19.8. The molecule has 34 heavy (non-hydrogen) atoms. The van der Waals surface area contributed by atoms with Crippen LogP contribution in [0.15, 0.2) is 48.5 Å². The maximum atomic E-state index is 12.4. The van der Waals surface area contributed by atoms with E-state index < -0.39 is 24.0 Å². The van der Waals surface area contributed by atoms with Crippen molar-refractivity contribution in [3.63, 3.8) is 0 Å². The molecule has 1 saturated heterocycles. The van der Waals surface area contributed by atoms with E-state index in [9.17, 15) is 14.7 Å². The smallest absolute Gasteiger partial charge is 0.268 e. The third-order valence-corrected chi connectivity index (χ3v) is 6.00. The molecule has 0 radical (unpaired) electrons. The molecule has 1 fully saturated rings. The highest BCUT2D eigenvalue weighted by Gasteiger charge is 2.26. The van der Waals surface area contributed by atoms with Crippen LogP contribution in [-0.4, -0.2) is 77.3 Å². The van der Waals surface area contributed by atoms with Gasteiger partial charge in [-0.25, -0.2) is 5.48 Å². The summed E-state index contributed by atoms with van der Waals surface area (Å²) in [5.74, 6) is 4.79. The highest BCUT2D eigenvalue weighted by molar-refractivity contribution is 5.97. The SMILES string of the molecule is C[C@@H](O)[C@H](NC(=O)c1ccc(C#Cc2ccc(CN3CC[C@H](N(C)C)C3)cc2)cc1)C(=O)NO. The fourth-order valence-corrected chi connectivity index (χ4v) is 3.88. The molecule has 1 aliphatic rings. The zero-order chi connectivity index (χ0) is 24.7. The van der Waals surface area contributed by atoms with Crippen LogP contribution in [-0.2, 0) is 11.3 Å². The summed E-state index contributed by atoms with van der Waals surface area (Å²) in [7, 11) is 4.27. The highest BCUT2D eigenvalue weighted by atomic mass is 16.5. The number of hydroxylamine groups is 1. The van der Waals surface area contributed by atoms with Crippen LogP contribution in [0.1, 0.15) is 40.4 Å². The average Bonchev–Trinajstić information content (AvgIpc) is 3.30. The lowest BCUT2D eigenvalue weighted by Gasteiger charge is -2.20. The van der Waals surface area contributed by atoms with E-state index in [2.05, 4.69) is 53.2 Å². The number of amides is 2. The summed E-state index contributed by atoms with van der Waals surface area (Å²) in [4.78, 5) is 28.7. The van der Waals surface area contributed by atoms with Gasteiger partial charge in [-0.3, -0.25) is 19.7 Å². The number of nitrogens with one attached hydrogen (secondary N) is 2. The van der Waals surface area contributed by atoms with Crippen molar-refractivity contribution in [2.45, 2.75) is 38.1 Å².